The van der Waals surface area contributed by atoms with Crippen molar-refractivity contribution in [1.29, 1.82) is 0 Å². The number of benzene rings is 1. The monoisotopic (exact) mass is 252 g/mol. The van der Waals surface area contributed by atoms with Crippen LogP contribution in [0.15, 0.2) is 41.0 Å². The van der Waals surface area contributed by atoms with Gasteiger partial charge in [-0.15, -0.1) is 0 Å². The summed E-state index contributed by atoms with van der Waals surface area (Å²) in [6, 6.07) is 6.90. The van der Waals surface area contributed by atoms with Crippen LogP contribution in [-0.4, -0.2) is 11.2 Å². The van der Waals surface area contributed by atoms with Crippen LogP contribution in [0.5, 0.6) is 0 Å². The SMILES string of the molecule is OC(CCc1ccco1)Cc1cc(F)cc(F)c1. The molecule has 0 radical (unpaired) electrons. The van der Waals surface area contributed by atoms with Crippen LogP contribution in [0.3, 0.4) is 0 Å². The van der Waals surface area contributed by atoms with Crippen molar-refractivity contribution < 1.29 is 18.3 Å². The number of aliphatic hydroxyl groups is 1. The highest BCUT2D eigenvalue weighted by Gasteiger charge is 2.09. The van der Waals surface area contributed by atoms with E-state index in [9.17, 15) is 13.9 Å². The molecule has 1 heterocycles. The van der Waals surface area contributed by atoms with E-state index in [0.717, 1.165) is 11.8 Å². The maximum absolute atomic E-state index is 13.0. The molecule has 1 unspecified atom stereocenters. The standard InChI is InChI=1S/C14H14F2O2/c15-11-6-10(7-12(16)9-11)8-13(17)3-4-14-2-1-5-18-14/h1-2,5-7,9,13,17H,3-4,8H2. The second-order valence-corrected chi connectivity index (χ2v) is 4.25. The second kappa shape index (κ2) is 5.78. The molecular formula is C14H14F2O2. The summed E-state index contributed by atoms with van der Waals surface area (Å²) in [7, 11) is 0. The van der Waals surface area contributed by atoms with E-state index in [1.165, 1.54) is 12.1 Å². The first-order valence-corrected chi connectivity index (χ1v) is 5.79. The Morgan fingerprint density at radius 1 is 1.17 bits per heavy atom. The maximum Gasteiger partial charge on any atom is 0.126 e. The van der Waals surface area contributed by atoms with Gasteiger partial charge in [0, 0.05) is 12.5 Å². The summed E-state index contributed by atoms with van der Waals surface area (Å²) >= 11 is 0. The molecule has 0 saturated heterocycles. The van der Waals surface area contributed by atoms with Crippen LogP contribution in [0.1, 0.15) is 17.7 Å². The molecule has 0 aliphatic heterocycles. The zero-order chi connectivity index (χ0) is 13.0. The lowest BCUT2D eigenvalue weighted by Crippen LogP contribution is -2.11. The highest BCUT2D eigenvalue weighted by atomic mass is 19.1. The minimum Gasteiger partial charge on any atom is -0.469 e. The highest BCUT2D eigenvalue weighted by Crippen LogP contribution is 2.13. The predicted molar refractivity (Wildman–Crippen MR) is 63.1 cm³/mol. The molecule has 0 spiro atoms. The van der Waals surface area contributed by atoms with Gasteiger partial charge in [-0.1, -0.05) is 0 Å². The van der Waals surface area contributed by atoms with Crippen LogP contribution in [-0.2, 0) is 12.8 Å². The number of aliphatic hydroxyl groups excluding tert-OH is 1. The first-order valence-electron chi connectivity index (χ1n) is 5.79. The van der Waals surface area contributed by atoms with E-state index in [2.05, 4.69) is 0 Å². The fourth-order valence-corrected chi connectivity index (χ4v) is 1.87. The van der Waals surface area contributed by atoms with E-state index in [1.807, 2.05) is 6.07 Å². The van der Waals surface area contributed by atoms with Crippen molar-refractivity contribution in [3.8, 4) is 0 Å². The third-order valence-corrected chi connectivity index (χ3v) is 2.70. The van der Waals surface area contributed by atoms with Crippen molar-refractivity contribution in [2.24, 2.45) is 0 Å². The minimum atomic E-state index is -0.642. The molecule has 0 aliphatic rings. The van der Waals surface area contributed by atoms with Gasteiger partial charge in [-0.05, 0) is 42.7 Å². The minimum absolute atomic E-state index is 0.232. The summed E-state index contributed by atoms with van der Waals surface area (Å²) in [5.41, 5.74) is 0.458. The van der Waals surface area contributed by atoms with E-state index >= 15 is 0 Å². The summed E-state index contributed by atoms with van der Waals surface area (Å²) in [4.78, 5) is 0. The van der Waals surface area contributed by atoms with Crippen molar-refractivity contribution in [2.75, 3.05) is 0 Å². The maximum atomic E-state index is 13.0. The van der Waals surface area contributed by atoms with Crippen molar-refractivity contribution in [3.05, 3.63) is 59.6 Å². The van der Waals surface area contributed by atoms with Crippen LogP contribution in [0.25, 0.3) is 0 Å². The quantitative estimate of drug-likeness (QED) is 0.887. The molecule has 0 aliphatic carbocycles. The van der Waals surface area contributed by atoms with Gasteiger partial charge in [0.2, 0.25) is 0 Å². The van der Waals surface area contributed by atoms with Crippen LogP contribution in [0.2, 0.25) is 0 Å². The molecular weight excluding hydrogens is 238 g/mol. The molecule has 96 valence electrons. The average molecular weight is 252 g/mol. The third-order valence-electron chi connectivity index (χ3n) is 2.70. The van der Waals surface area contributed by atoms with E-state index in [-0.39, 0.29) is 6.42 Å². The lowest BCUT2D eigenvalue weighted by molar-refractivity contribution is 0.162. The first-order chi connectivity index (χ1) is 8.63. The normalized spacial score (nSPS) is 12.6. The number of halogens is 2. The van der Waals surface area contributed by atoms with E-state index < -0.39 is 17.7 Å². The van der Waals surface area contributed by atoms with E-state index in [0.29, 0.717) is 18.4 Å². The molecule has 4 heteroatoms. The third kappa shape index (κ3) is 3.67. The van der Waals surface area contributed by atoms with Gasteiger partial charge >= 0.3 is 0 Å². The fourth-order valence-electron chi connectivity index (χ4n) is 1.87. The lowest BCUT2D eigenvalue weighted by Gasteiger charge is -2.09. The number of hydrogen-bond acceptors (Lipinski definition) is 2. The summed E-state index contributed by atoms with van der Waals surface area (Å²) in [6.07, 6.45) is 2.26. The number of aryl methyl sites for hydroxylation is 1. The van der Waals surface area contributed by atoms with Crippen LogP contribution >= 0.6 is 0 Å². The smallest absolute Gasteiger partial charge is 0.126 e. The Morgan fingerprint density at radius 3 is 2.50 bits per heavy atom. The van der Waals surface area contributed by atoms with Crippen LogP contribution in [0.4, 0.5) is 8.78 Å². The molecule has 18 heavy (non-hydrogen) atoms. The number of furan rings is 1. The molecule has 0 fully saturated rings. The first kappa shape index (κ1) is 12.8. The Morgan fingerprint density at radius 2 is 1.89 bits per heavy atom. The summed E-state index contributed by atoms with van der Waals surface area (Å²) in [6.45, 7) is 0. The molecule has 2 rings (SSSR count). The van der Waals surface area contributed by atoms with Gasteiger partial charge in [-0.25, -0.2) is 8.78 Å². The highest BCUT2D eigenvalue weighted by molar-refractivity contribution is 5.18. The summed E-state index contributed by atoms with van der Waals surface area (Å²) in [5, 5.41) is 9.80. The topological polar surface area (TPSA) is 33.4 Å². The second-order valence-electron chi connectivity index (χ2n) is 4.25. The van der Waals surface area contributed by atoms with Crippen molar-refractivity contribution in [1.82, 2.24) is 0 Å². The zero-order valence-electron chi connectivity index (χ0n) is 9.77. The van der Waals surface area contributed by atoms with Crippen molar-refractivity contribution in [3.63, 3.8) is 0 Å². The van der Waals surface area contributed by atoms with Gasteiger partial charge in [0.1, 0.15) is 17.4 Å². The average Bonchev–Trinajstić information content (AvgIpc) is 2.77. The Balaban J connectivity index is 1.88. The largest absolute Gasteiger partial charge is 0.469 e. The fraction of sp³-hybridized carbons (Fsp3) is 0.286. The zero-order valence-corrected chi connectivity index (χ0v) is 9.77. The molecule has 1 atom stereocenters. The van der Waals surface area contributed by atoms with E-state index in [4.69, 9.17) is 4.42 Å². The summed E-state index contributed by atoms with van der Waals surface area (Å²) < 4.78 is 31.0. The molecule has 2 aromatic rings. The summed E-state index contributed by atoms with van der Waals surface area (Å²) in [5.74, 6) is -0.453. The van der Waals surface area contributed by atoms with Crippen LogP contribution < -0.4 is 0 Å². The molecule has 0 bridgehead atoms. The van der Waals surface area contributed by atoms with Crippen molar-refractivity contribution in [2.45, 2.75) is 25.4 Å². The molecule has 0 saturated carbocycles. The Bertz CT molecular complexity index is 474. The van der Waals surface area contributed by atoms with Gasteiger partial charge < -0.3 is 9.52 Å². The molecule has 0 amide bonds. The van der Waals surface area contributed by atoms with Crippen molar-refractivity contribution >= 4 is 0 Å². The predicted octanol–water partition coefficient (Wildman–Crippen LogP) is 3.09. The van der Waals surface area contributed by atoms with E-state index in [1.54, 1.807) is 12.3 Å². The number of rotatable bonds is 5. The van der Waals surface area contributed by atoms with Gasteiger partial charge in [-0.2, -0.15) is 0 Å². The van der Waals surface area contributed by atoms with Gasteiger partial charge in [0.15, 0.2) is 0 Å². The Hall–Kier alpha value is -1.68. The van der Waals surface area contributed by atoms with Gasteiger partial charge in [0.25, 0.3) is 0 Å². The molecule has 1 aromatic heterocycles. The lowest BCUT2D eigenvalue weighted by atomic mass is 10.0. The van der Waals surface area contributed by atoms with Gasteiger partial charge in [-0.3, -0.25) is 0 Å². The Labute approximate surface area is 104 Å². The van der Waals surface area contributed by atoms with Gasteiger partial charge in [0.05, 0.1) is 12.4 Å². The molecule has 1 N–H and O–H groups in total. The molecule has 1 aromatic carbocycles. The molecule has 2 nitrogen and oxygen atoms in total. The van der Waals surface area contributed by atoms with Crippen LogP contribution in [0, 0.1) is 11.6 Å². The number of hydrogen-bond donors (Lipinski definition) is 1. The Kier molecular flexibility index (Phi) is 4.10.